The minimum absolute atomic E-state index is 0.0208. The molecule has 0 aliphatic carbocycles. The molecule has 0 aromatic heterocycles. The number of amides is 1. The van der Waals surface area contributed by atoms with Crippen LogP contribution in [0.25, 0.3) is 0 Å². The van der Waals surface area contributed by atoms with Crippen molar-refractivity contribution >= 4 is 29.3 Å². The van der Waals surface area contributed by atoms with Crippen LogP contribution in [0.5, 0.6) is 0 Å². The normalized spacial score (nSPS) is 20.1. The number of thioether (sulfide) groups is 1. The maximum Gasteiger partial charge on any atom is 0.307 e. The molecule has 4 nitrogen and oxygen atoms in total. The van der Waals surface area contributed by atoms with Gasteiger partial charge in [0.25, 0.3) is 0 Å². The Kier molecular flexibility index (Phi) is 4.47. The van der Waals surface area contributed by atoms with Crippen molar-refractivity contribution in [3.8, 4) is 0 Å². The van der Waals surface area contributed by atoms with Crippen molar-refractivity contribution in [2.24, 2.45) is 5.92 Å². The first-order chi connectivity index (χ1) is 9.08. The molecule has 2 atom stereocenters. The number of para-hydroxylation sites is 1. The van der Waals surface area contributed by atoms with Crippen LogP contribution in [0.2, 0.25) is 0 Å². The number of aliphatic carboxylic acids is 1. The van der Waals surface area contributed by atoms with Gasteiger partial charge in [0.15, 0.2) is 0 Å². The largest absolute Gasteiger partial charge is 0.481 e. The minimum atomic E-state index is -0.815. The molecule has 2 unspecified atom stereocenters. The third-order valence-electron chi connectivity index (χ3n) is 3.21. The Labute approximate surface area is 116 Å². The Morgan fingerprint density at radius 1 is 1.53 bits per heavy atom. The van der Waals surface area contributed by atoms with Crippen molar-refractivity contribution in [3.05, 3.63) is 29.8 Å². The van der Waals surface area contributed by atoms with Gasteiger partial charge in [-0.3, -0.25) is 9.59 Å². The summed E-state index contributed by atoms with van der Waals surface area (Å²) in [6.45, 7) is 1.67. The Morgan fingerprint density at radius 2 is 2.26 bits per heavy atom. The fourth-order valence-electron chi connectivity index (χ4n) is 1.98. The molecule has 0 saturated carbocycles. The summed E-state index contributed by atoms with van der Waals surface area (Å²) in [5.74, 6) is -0.801. The van der Waals surface area contributed by atoms with Gasteiger partial charge in [-0.1, -0.05) is 25.1 Å². The maximum absolute atomic E-state index is 12.1. The molecule has 1 aromatic carbocycles. The topological polar surface area (TPSA) is 66.4 Å². The number of carboxylic acids is 1. The van der Waals surface area contributed by atoms with Gasteiger partial charge in [-0.05, 0) is 24.5 Å². The second-order valence-corrected chi connectivity index (χ2v) is 5.98. The summed E-state index contributed by atoms with van der Waals surface area (Å²) in [6, 6.07) is 7.78. The number of hydrogen-bond donors (Lipinski definition) is 2. The number of carbonyl (C=O) groups is 2. The van der Waals surface area contributed by atoms with Gasteiger partial charge in [0, 0.05) is 11.4 Å². The van der Waals surface area contributed by atoms with Crippen molar-refractivity contribution in [3.63, 3.8) is 0 Å². The SMILES string of the molecule is CC(CSC1CCc2ccccc2NC1=O)C(=O)O. The molecule has 5 heteroatoms. The lowest BCUT2D eigenvalue weighted by molar-refractivity contribution is -0.140. The Morgan fingerprint density at radius 3 is 3.00 bits per heavy atom. The molecule has 1 heterocycles. The van der Waals surface area contributed by atoms with E-state index in [1.165, 1.54) is 11.8 Å². The second kappa shape index (κ2) is 6.10. The molecule has 2 N–H and O–H groups in total. The highest BCUT2D eigenvalue weighted by Gasteiger charge is 2.25. The number of rotatable bonds is 4. The zero-order valence-electron chi connectivity index (χ0n) is 10.8. The highest BCUT2D eigenvalue weighted by Crippen LogP contribution is 2.28. The second-order valence-electron chi connectivity index (χ2n) is 4.75. The van der Waals surface area contributed by atoms with Gasteiger partial charge in [-0.25, -0.2) is 0 Å². The van der Waals surface area contributed by atoms with Crippen LogP contribution in [0.15, 0.2) is 24.3 Å². The van der Waals surface area contributed by atoms with Crippen LogP contribution in [0.3, 0.4) is 0 Å². The van der Waals surface area contributed by atoms with Crippen LogP contribution in [0, 0.1) is 5.92 Å². The minimum Gasteiger partial charge on any atom is -0.481 e. The lowest BCUT2D eigenvalue weighted by Gasteiger charge is -2.14. The summed E-state index contributed by atoms with van der Waals surface area (Å²) in [6.07, 6.45) is 1.59. The van der Waals surface area contributed by atoms with E-state index < -0.39 is 11.9 Å². The zero-order chi connectivity index (χ0) is 13.8. The summed E-state index contributed by atoms with van der Waals surface area (Å²) >= 11 is 1.43. The first-order valence-corrected chi connectivity index (χ1v) is 7.36. The third kappa shape index (κ3) is 3.50. The van der Waals surface area contributed by atoms with Crippen molar-refractivity contribution in [2.75, 3.05) is 11.1 Å². The van der Waals surface area contributed by atoms with Crippen LogP contribution in [-0.2, 0) is 16.0 Å². The van der Waals surface area contributed by atoms with Gasteiger partial charge in [-0.2, -0.15) is 0 Å². The van der Waals surface area contributed by atoms with Gasteiger partial charge in [0.2, 0.25) is 5.91 Å². The molecular weight excluding hydrogens is 262 g/mol. The predicted molar refractivity (Wildman–Crippen MR) is 76.4 cm³/mol. The summed E-state index contributed by atoms with van der Waals surface area (Å²) in [7, 11) is 0. The average Bonchev–Trinajstić information content (AvgIpc) is 2.54. The lowest BCUT2D eigenvalue weighted by atomic mass is 10.1. The average molecular weight is 279 g/mol. The fraction of sp³-hybridized carbons (Fsp3) is 0.429. The van der Waals surface area contributed by atoms with Crippen molar-refractivity contribution < 1.29 is 14.7 Å². The molecule has 1 amide bonds. The Hall–Kier alpha value is -1.49. The highest BCUT2D eigenvalue weighted by molar-refractivity contribution is 8.00. The number of benzene rings is 1. The molecule has 1 aliphatic rings. The molecule has 0 spiro atoms. The van der Waals surface area contributed by atoms with Crippen molar-refractivity contribution in [1.82, 2.24) is 0 Å². The number of carbonyl (C=O) groups excluding carboxylic acids is 1. The van der Waals surface area contributed by atoms with Gasteiger partial charge in [0.05, 0.1) is 11.2 Å². The summed E-state index contributed by atoms with van der Waals surface area (Å²) in [4.78, 5) is 22.9. The van der Waals surface area contributed by atoms with E-state index in [-0.39, 0.29) is 11.2 Å². The van der Waals surface area contributed by atoms with Crippen LogP contribution >= 0.6 is 11.8 Å². The molecule has 1 aliphatic heterocycles. The van der Waals surface area contributed by atoms with E-state index in [2.05, 4.69) is 5.32 Å². The number of hydrogen-bond acceptors (Lipinski definition) is 3. The fourth-order valence-corrected chi connectivity index (χ4v) is 3.14. The standard InChI is InChI=1S/C14H17NO3S/c1-9(14(17)18)8-19-12-7-6-10-4-2-3-5-11(10)15-13(12)16/h2-5,9,12H,6-8H2,1H3,(H,15,16)(H,17,18). The number of fused-ring (bicyclic) bond motifs is 1. The molecule has 2 rings (SSSR count). The molecule has 0 fully saturated rings. The Balaban J connectivity index is 1.99. The maximum atomic E-state index is 12.1. The number of nitrogens with one attached hydrogen (secondary N) is 1. The molecule has 102 valence electrons. The Bertz CT molecular complexity index is 489. The monoisotopic (exact) mass is 279 g/mol. The molecule has 19 heavy (non-hydrogen) atoms. The van der Waals surface area contributed by atoms with E-state index in [4.69, 9.17) is 5.11 Å². The van der Waals surface area contributed by atoms with E-state index in [1.807, 2.05) is 24.3 Å². The van der Waals surface area contributed by atoms with E-state index >= 15 is 0 Å². The highest BCUT2D eigenvalue weighted by atomic mass is 32.2. The molecule has 1 aromatic rings. The number of anilines is 1. The van der Waals surface area contributed by atoms with E-state index in [0.717, 1.165) is 24.1 Å². The van der Waals surface area contributed by atoms with Crippen LogP contribution in [0.1, 0.15) is 18.9 Å². The molecule has 0 radical (unpaired) electrons. The van der Waals surface area contributed by atoms with Gasteiger partial charge in [-0.15, -0.1) is 11.8 Å². The quantitative estimate of drug-likeness (QED) is 0.888. The molecule has 0 saturated heterocycles. The van der Waals surface area contributed by atoms with Gasteiger partial charge >= 0.3 is 5.97 Å². The number of aryl methyl sites for hydroxylation is 1. The summed E-state index contributed by atoms with van der Waals surface area (Å²) < 4.78 is 0. The predicted octanol–water partition coefficient (Wildman–Crippen LogP) is 2.39. The van der Waals surface area contributed by atoms with Crippen LogP contribution in [0.4, 0.5) is 5.69 Å². The van der Waals surface area contributed by atoms with Crippen LogP contribution in [-0.4, -0.2) is 28.0 Å². The van der Waals surface area contributed by atoms with Gasteiger partial charge in [0.1, 0.15) is 0 Å². The van der Waals surface area contributed by atoms with E-state index in [1.54, 1.807) is 6.92 Å². The molecular formula is C14H17NO3S. The summed E-state index contributed by atoms with van der Waals surface area (Å²) in [5, 5.41) is 11.6. The summed E-state index contributed by atoms with van der Waals surface area (Å²) in [5.41, 5.74) is 2.02. The lowest BCUT2D eigenvalue weighted by Crippen LogP contribution is -2.25. The van der Waals surface area contributed by atoms with Gasteiger partial charge < -0.3 is 10.4 Å². The van der Waals surface area contributed by atoms with E-state index in [0.29, 0.717) is 5.75 Å². The smallest absolute Gasteiger partial charge is 0.307 e. The van der Waals surface area contributed by atoms with Crippen molar-refractivity contribution in [1.29, 1.82) is 0 Å². The first kappa shape index (κ1) is 13.9. The van der Waals surface area contributed by atoms with Crippen molar-refractivity contribution in [2.45, 2.75) is 25.0 Å². The first-order valence-electron chi connectivity index (χ1n) is 6.31. The van der Waals surface area contributed by atoms with Crippen LogP contribution < -0.4 is 5.32 Å². The zero-order valence-corrected chi connectivity index (χ0v) is 11.6. The molecule has 0 bridgehead atoms. The third-order valence-corrected chi connectivity index (χ3v) is 4.76. The van der Waals surface area contributed by atoms with E-state index in [9.17, 15) is 9.59 Å². The number of carboxylic acid groups (broad SMARTS) is 1.